The molecule has 2 heterocycles. The van der Waals surface area contributed by atoms with Crippen molar-refractivity contribution in [2.75, 3.05) is 50.9 Å². The maximum Gasteiger partial charge on any atom is 0.281 e. The van der Waals surface area contributed by atoms with Gasteiger partial charge in [0, 0.05) is 43.5 Å². The first-order chi connectivity index (χ1) is 15.9. The van der Waals surface area contributed by atoms with E-state index in [9.17, 15) is 9.59 Å². The van der Waals surface area contributed by atoms with Crippen molar-refractivity contribution in [2.24, 2.45) is 0 Å². The smallest absolute Gasteiger partial charge is 0.281 e. The summed E-state index contributed by atoms with van der Waals surface area (Å²) in [6, 6.07) is 14.3. The van der Waals surface area contributed by atoms with Gasteiger partial charge < -0.3 is 25.6 Å². The highest BCUT2D eigenvalue weighted by atomic mass is 16.5. The molecule has 1 amide bonds. The summed E-state index contributed by atoms with van der Waals surface area (Å²) in [5.41, 5.74) is 7.99. The standard InChI is InChI=1S/C23H27N7O3/c1-16-5-3-6-17(13-16)21(32)30-22(24)26-23(27-30)25-18-7-4-8-19(14-18)33-15-20(31)29-11-9-28(2)10-12-29/h3-8,13-14H,9-12,15H2,1-2H3,(H3,24,25,26,27). The number of aryl methyl sites for hydroxylation is 1. The summed E-state index contributed by atoms with van der Waals surface area (Å²) in [6.07, 6.45) is 0. The van der Waals surface area contributed by atoms with Gasteiger partial charge >= 0.3 is 0 Å². The molecule has 1 aromatic heterocycles. The lowest BCUT2D eigenvalue weighted by Crippen LogP contribution is -2.48. The van der Waals surface area contributed by atoms with Gasteiger partial charge in [0.2, 0.25) is 11.9 Å². The number of likely N-dealkylation sites (N-methyl/N-ethyl adjacent to an activating group) is 1. The van der Waals surface area contributed by atoms with Gasteiger partial charge in [-0.05, 0) is 38.2 Å². The summed E-state index contributed by atoms with van der Waals surface area (Å²) in [4.78, 5) is 33.3. The number of nitrogen functional groups attached to an aromatic ring is 1. The Labute approximate surface area is 191 Å². The Kier molecular flexibility index (Phi) is 6.55. The summed E-state index contributed by atoms with van der Waals surface area (Å²) >= 11 is 0. The SMILES string of the molecule is Cc1cccc(C(=O)n2nc(Nc3cccc(OCC(=O)N4CCN(C)CC4)c3)nc2N)c1. The van der Waals surface area contributed by atoms with Crippen LogP contribution < -0.4 is 15.8 Å². The molecular weight excluding hydrogens is 422 g/mol. The number of piperazine rings is 1. The quantitative estimate of drug-likeness (QED) is 0.584. The Bertz CT molecular complexity index is 1150. The van der Waals surface area contributed by atoms with Crippen LogP contribution in [-0.4, -0.2) is 76.2 Å². The fraction of sp³-hybridized carbons (Fsp3) is 0.304. The fourth-order valence-electron chi connectivity index (χ4n) is 3.51. The Hall–Kier alpha value is -3.92. The minimum atomic E-state index is -0.365. The fourth-order valence-corrected chi connectivity index (χ4v) is 3.51. The van der Waals surface area contributed by atoms with E-state index in [0.717, 1.165) is 23.3 Å². The summed E-state index contributed by atoms with van der Waals surface area (Å²) in [6.45, 7) is 5.01. The van der Waals surface area contributed by atoms with Crippen LogP contribution in [0, 0.1) is 6.92 Å². The molecule has 0 spiro atoms. The van der Waals surface area contributed by atoms with E-state index < -0.39 is 0 Å². The lowest BCUT2D eigenvalue weighted by atomic mass is 10.1. The summed E-state index contributed by atoms with van der Waals surface area (Å²) in [5.74, 6) is 0.291. The van der Waals surface area contributed by atoms with E-state index in [-0.39, 0.29) is 30.3 Å². The van der Waals surface area contributed by atoms with Crippen molar-refractivity contribution in [3.8, 4) is 5.75 Å². The van der Waals surface area contributed by atoms with Crippen LogP contribution >= 0.6 is 0 Å². The highest BCUT2D eigenvalue weighted by Gasteiger charge is 2.19. The van der Waals surface area contributed by atoms with Gasteiger partial charge in [0.15, 0.2) is 6.61 Å². The molecule has 33 heavy (non-hydrogen) atoms. The molecule has 0 bridgehead atoms. The maximum atomic E-state index is 12.7. The summed E-state index contributed by atoms with van der Waals surface area (Å²) < 4.78 is 6.75. The molecule has 4 rings (SSSR count). The third-order valence-corrected chi connectivity index (χ3v) is 5.40. The van der Waals surface area contributed by atoms with E-state index in [0.29, 0.717) is 30.1 Å². The summed E-state index contributed by atoms with van der Waals surface area (Å²) in [7, 11) is 2.04. The van der Waals surface area contributed by atoms with Gasteiger partial charge in [-0.25, -0.2) is 0 Å². The number of rotatable bonds is 6. The number of nitrogens with two attached hydrogens (primary N) is 1. The Morgan fingerprint density at radius 2 is 1.85 bits per heavy atom. The van der Waals surface area contributed by atoms with Crippen LogP contribution in [0.5, 0.6) is 5.75 Å². The molecule has 3 N–H and O–H groups in total. The van der Waals surface area contributed by atoms with Crippen LogP contribution in [0.2, 0.25) is 0 Å². The van der Waals surface area contributed by atoms with E-state index in [1.807, 2.05) is 24.9 Å². The van der Waals surface area contributed by atoms with E-state index in [2.05, 4.69) is 20.3 Å². The molecule has 3 aromatic rings. The highest BCUT2D eigenvalue weighted by Crippen LogP contribution is 2.21. The van der Waals surface area contributed by atoms with Crippen LogP contribution in [0.25, 0.3) is 0 Å². The van der Waals surface area contributed by atoms with E-state index in [1.165, 1.54) is 0 Å². The van der Waals surface area contributed by atoms with Crippen LogP contribution in [0.15, 0.2) is 48.5 Å². The van der Waals surface area contributed by atoms with Gasteiger partial charge in [-0.2, -0.15) is 9.67 Å². The van der Waals surface area contributed by atoms with Crippen LogP contribution in [0.3, 0.4) is 0 Å². The molecule has 172 valence electrons. The van der Waals surface area contributed by atoms with Gasteiger partial charge in [0.25, 0.3) is 11.8 Å². The minimum Gasteiger partial charge on any atom is -0.484 e. The van der Waals surface area contributed by atoms with Gasteiger partial charge in [-0.1, -0.05) is 23.8 Å². The van der Waals surface area contributed by atoms with Crippen molar-refractivity contribution in [3.63, 3.8) is 0 Å². The second-order valence-corrected chi connectivity index (χ2v) is 8.01. The Morgan fingerprint density at radius 3 is 2.61 bits per heavy atom. The second kappa shape index (κ2) is 9.70. The van der Waals surface area contributed by atoms with Crippen molar-refractivity contribution in [1.82, 2.24) is 24.6 Å². The topological polar surface area (TPSA) is 119 Å². The van der Waals surface area contributed by atoms with Gasteiger partial charge in [-0.15, -0.1) is 5.10 Å². The zero-order valence-corrected chi connectivity index (χ0v) is 18.7. The molecule has 1 saturated heterocycles. The first-order valence-corrected chi connectivity index (χ1v) is 10.7. The highest BCUT2D eigenvalue weighted by molar-refractivity contribution is 5.97. The van der Waals surface area contributed by atoms with Crippen LogP contribution in [-0.2, 0) is 4.79 Å². The molecule has 0 saturated carbocycles. The molecule has 10 heteroatoms. The zero-order valence-electron chi connectivity index (χ0n) is 18.7. The zero-order chi connectivity index (χ0) is 23.4. The number of hydrogen-bond donors (Lipinski definition) is 2. The number of aromatic nitrogens is 3. The van der Waals surface area contributed by atoms with Gasteiger partial charge in [0.05, 0.1) is 0 Å². The molecular formula is C23H27N7O3. The van der Waals surface area contributed by atoms with Crippen LogP contribution in [0.1, 0.15) is 15.9 Å². The van der Waals surface area contributed by atoms with E-state index in [1.54, 1.807) is 42.5 Å². The predicted octanol–water partition coefficient (Wildman–Crippen LogP) is 1.75. The second-order valence-electron chi connectivity index (χ2n) is 8.01. The lowest BCUT2D eigenvalue weighted by molar-refractivity contribution is -0.134. The van der Waals surface area contributed by atoms with Crippen molar-refractivity contribution in [3.05, 3.63) is 59.7 Å². The number of nitrogens with one attached hydrogen (secondary N) is 1. The van der Waals surface area contributed by atoms with Crippen molar-refractivity contribution in [1.29, 1.82) is 0 Å². The van der Waals surface area contributed by atoms with Crippen molar-refractivity contribution >= 4 is 29.4 Å². The molecule has 0 atom stereocenters. The molecule has 1 aliphatic rings. The third-order valence-electron chi connectivity index (χ3n) is 5.40. The minimum absolute atomic E-state index is 0.0193. The van der Waals surface area contributed by atoms with E-state index in [4.69, 9.17) is 10.5 Å². The lowest BCUT2D eigenvalue weighted by Gasteiger charge is -2.32. The first-order valence-electron chi connectivity index (χ1n) is 10.7. The molecule has 0 unspecified atom stereocenters. The largest absolute Gasteiger partial charge is 0.484 e. The monoisotopic (exact) mass is 449 g/mol. The molecule has 1 aliphatic heterocycles. The maximum absolute atomic E-state index is 12.7. The van der Waals surface area contributed by atoms with Crippen molar-refractivity contribution < 1.29 is 14.3 Å². The normalized spacial score (nSPS) is 14.2. The molecule has 2 aromatic carbocycles. The summed E-state index contributed by atoms with van der Waals surface area (Å²) in [5, 5.41) is 7.22. The van der Waals surface area contributed by atoms with Gasteiger partial charge in [0.1, 0.15) is 5.75 Å². The number of anilines is 3. The number of amides is 1. The number of carbonyl (C=O) groups excluding carboxylic acids is 2. The first kappa shape index (κ1) is 22.3. The van der Waals surface area contributed by atoms with Crippen LogP contribution in [0.4, 0.5) is 17.6 Å². The average Bonchev–Trinajstić information content (AvgIpc) is 3.17. The van der Waals surface area contributed by atoms with Gasteiger partial charge in [-0.3, -0.25) is 9.59 Å². The molecule has 1 fully saturated rings. The Morgan fingerprint density at radius 1 is 1.09 bits per heavy atom. The molecule has 10 nitrogen and oxygen atoms in total. The van der Waals surface area contributed by atoms with E-state index >= 15 is 0 Å². The number of benzene rings is 2. The number of ether oxygens (including phenoxy) is 1. The third kappa shape index (κ3) is 5.47. The molecule has 0 aliphatic carbocycles. The average molecular weight is 450 g/mol. The number of carbonyl (C=O) groups is 2. The number of hydrogen-bond acceptors (Lipinski definition) is 8. The molecule has 0 radical (unpaired) electrons. The Balaban J connectivity index is 1.39. The predicted molar refractivity (Wildman–Crippen MR) is 125 cm³/mol. The van der Waals surface area contributed by atoms with Crippen molar-refractivity contribution in [2.45, 2.75) is 6.92 Å². The number of nitrogens with zero attached hydrogens (tertiary/aromatic N) is 5.